The summed E-state index contributed by atoms with van der Waals surface area (Å²) in [5, 5.41) is 0. The highest BCUT2D eigenvalue weighted by molar-refractivity contribution is 7.45. The van der Waals surface area contributed by atoms with Crippen molar-refractivity contribution in [2.75, 3.05) is 47.5 Å². The highest BCUT2D eigenvalue weighted by atomic mass is 31.2. The van der Waals surface area contributed by atoms with E-state index in [2.05, 4.69) is 38.2 Å². The summed E-state index contributed by atoms with van der Waals surface area (Å²) in [7, 11) is 1.15. The van der Waals surface area contributed by atoms with Crippen LogP contribution in [0.3, 0.4) is 0 Å². The number of ether oxygens (including phenoxy) is 3. The molecule has 0 aromatic carbocycles. The van der Waals surface area contributed by atoms with Gasteiger partial charge in [-0.1, -0.05) is 167 Å². The number of unbranched alkanes of at least 4 members (excludes halogenated alkanes) is 24. The molecule has 0 aromatic heterocycles. The smallest absolute Gasteiger partial charge is 0.306 e. The first kappa shape index (κ1) is 57.5. The summed E-state index contributed by atoms with van der Waals surface area (Å²) in [5.74, 6) is -0.850. The van der Waals surface area contributed by atoms with Gasteiger partial charge in [0, 0.05) is 12.8 Å². The van der Waals surface area contributed by atoms with Crippen LogP contribution in [0.2, 0.25) is 0 Å². The highest BCUT2D eigenvalue weighted by Crippen LogP contribution is 2.38. The number of nitrogens with zero attached hydrogens (tertiary/aromatic N) is 1. The third-order valence-corrected chi connectivity index (χ3v) is 12.3. The minimum absolute atomic E-state index is 0.0350. The molecule has 1 fully saturated rings. The normalized spacial score (nSPS) is 17.0. The second-order valence-corrected chi connectivity index (χ2v) is 20.0. The Labute approximate surface area is 374 Å². The van der Waals surface area contributed by atoms with Crippen LogP contribution >= 0.6 is 7.82 Å². The standard InChI is InChI=1S/C50H94NO9P/c1-6-8-10-11-12-13-14-15-16-17-18-19-20-21-22-23-24-25-29-32-36-40-49(52)56-44-46(45-58-61(54,55)57-43-42-51(3,4)5)59-50(53)41-37-33-30-27-26-28-31-35-39-48-47(60-48)38-34-9-7-2/h15-16,31,35,46-48H,6-14,17-30,32-34,36-45H2,1-5H3/b16-15-,35-31-/t46-,47?,48?/m1/s1. The molecule has 0 N–H and O–H groups in total. The maximum Gasteiger partial charge on any atom is 0.306 e. The van der Waals surface area contributed by atoms with Gasteiger partial charge < -0.3 is 32.6 Å². The molecular weight excluding hydrogens is 790 g/mol. The Morgan fingerprint density at radius 2 is 1.05 bits per heavy atom. The van der Waals surface area contributed by atoms with Crippen molar-refractivity contribution in [2.24, 2.45) is 0 Å². The van der Waals surface area contributed by atoms with Gasteiger partial charge >= 0.3 is 11.9 Å². The van der Waals surface area contributed by atoms with E-state index in [9.17, 15) is 19.0 Å². The number of phosphoric acid groups is 1. The second-order valence-electron chi connectivity index (χ2n) is 18.6. The van der Waals surface area contributed by atoms with Crippen molar-refractivity contribution in [3.8, 4) is 0 Å². The van der Waals surface area contributed by atoms with Crippen LogP contribution in [0.5, 0.6) is 0 Å². The van der Waals surface area contributed by atoms with Crippen molar-refractivity contribution in [3.05, 3.63) is 24.3 Å². The Morgan fingerprint density at radius 1 is 0.590 bits per heavy atom. The lowest BCUT2D eigenvalue weighted by molar-refractivity contribution is -0.870. The quantitative estimate of drug-likeness (QED) is 0.0147. The number of rotatable bonds is 45. The Kier molecular flexibility index (Phi) is 36.6. The van der Waals surface area contributed by atoms with Crippen LogP contribution in [0.15, 0.2) is 24.3 Å². The van der Waals surface area contributed by atoms with Crippen LogP contribution in [-0.4, -0.2) is 82.2 Å². The van der Waals surface area contributed by atoms with E-state index in [1.54, 1.807) is 0 Å². The zero-order valence-corrected chi connectivity index (χ0v) is 41.0. The zero-order chi connectivity index (χ0) is 44.7. The molecule has 0 aromatic rings. The molecule has 0 bridgehead atoms. The Morgan fingerprint density at radius 3 is 1.57 bits per heavy atom. The number of carbonyl (C=O) groups excluding carboxylic acids is 2. The SMILES string of the molecule is CCCCCCCC/C=C\CCCCCCCCCCCCCC(=O)OC[C@H](COP(=O)([O-])OCC[N+](C)(C)C)OC(=O)CCCCCCC/C=C\CC1OC1CCCCC. The first-order valence-corrected chi connectivity index (χ1v) is 26.6. The summed E-state index contributed by atoms with van der Waals surface area (Å²) in [6.07, 6.45) is 45.2. The maximum absolute atomic E-state index is 12.7. The first-order valence-electron chi connectivity index (χ1n) is 25.2. The van der Waals surface area contributed by atoms with Crippen molar-refractivity contribution in [3.63, 3.8) is 0 Å². The molecule has 1 saturated heterocycles. The van der Waals surface area contributed by atoms with Gasteiger partial charge in [-0.3, -0.25) is 14.2 Å². The molecule has 1 heterocycles. The van der Waals surface area contributed by atoms with Gasteiger partial charge in [0.05, 0.1) is 40.0 Å². The van der Waals surface area contributed by atoms with Gasteiger partial charge in [0.1, 0.15) is 19.8 Å². The van der Waals surface area contributed by atoms with E-state index in [1.165, 1.54) is 128 Å². The number of phosphoric ester groups is 1. The number of likely N-dealkylation sites (N-methyl/N-ethyl adjacent to an activating group) is 1. The van der Waals surface area contributed by atoms with Crippen LogP contribution in [-0.2, 0) is 37.4 Å². The summed E-state index contributed by atoms with van der Waals surface area (Å²) in [6, 6.07) is 0. The number of epoxide rings is 1. The summed E-state index contributed by atoms with van der Waals surface area (Å²) >= 11 is 0. The number of quaternary nitrogens is 1. The lowest BCUT2D eigenvalue weighted by Gasteiger charge is -2.28. The molecule has 0 saturated carbocycles. The summed E-state index contributed by atoms with van der Waals surface area (Å²) in [6.45, 7) is 4.19. The average Bonchev–Trinajstić information content (AvgIpc) is 3.97. The van der Waals surface area contributed by atoms with Gasteiger partial charge in [-0.25, -0.2) is 0 Å². The highest BCUT2D eigenvalue weighted by Gasteiger charge is 2.36. The predicted octanol–water partition coefficient (Wildman–Crippen LogP) is 13.1. The Hall–Kier alpha value is -1.55. The van der Waals surface area contributed by atoms with E-state index in [-0.39, 0.29) is 32.0 Å². The number of hydrogen-bond donors (Lipinski definition) is 0. The molecule has 61 heavy (non-hydrogen) atoms. The van der Waals surface area contributed by atoms with E-state index < -0.39 is 26.5 Å². The molecule has 3 unspecified atom stereocenters. The minimum Gasteiger partial charge on any atom is -0.756 e. The fourth-order valence-corrected chi connectivity index (χ4v) is 8.03. The first-order chi connectivity index (χ1) is 29.5. The van der Waals surface area contributed by atoms with Crippen LogP contribution < -0.4 is 4.89 Å². The van der Waals surface area contributed by atoms with Gasteiger partial charge in [-0.15, -0.1) is 0 Å². The topological polar surface area (TPSA) is 124 Å². The average molecular weight is 884 g/mol. The van der Waals surface area contributed by atoms with Gasteiger partial charge in [-0.2, -0.15) is 0 Å². The second kappa shape index (κ2) is 38.9. The summed E-state index contributed by atoms with van der Waals surface area (Å²) in [4.78, 5) is 37.7. The van der Waals surface area contributed by atoms with Crippen molar-refractivity contribution in [1.29, 1.82) is 0 Å². The van der Waals surface area contributed by atoms with Crippen molar-refractivity contribution in [2.45, 2.75) is 238 Å². The van der Waals surface area contributed by atoms with Gasteiger partial charge in [0.25, 0.3) is 7.82 Å². The van der Waals surface area contributed by atoms with E-state index >= 15 is 0 Å². The minimum atomic E-state index is -4.63. The number of carbonyl (C=O) groups is 2. The summed E-state index contributed by atoms with van der Waals surface area (Å²) in [5.41, 5.74) is 0. The molecule has 1 rings (SSSR count). The number of allylic oxidation sites excluding steroid dienone is 3. The third-order valence-electron chi connectivity index (χ3n) is 11.4. The van der Waals surface area contributed by atoms with Crippen LogP contribution in [0.25, 0.3) is 0 Å². The zero-order valence-electron chi connectivity index (χ0n) is 40.1. The largest absolute Gasteiger partial charge is 0.756 e. The monoisotopic (exact) mass is 884 g/mol. The van der Waals surface area contributed by atoms with E-state index in [0.717, 1.165) is 57.8 Å². The molecule has 0 spiro atoms. The van der Waals surface area contributed by atoms with Crippen LogP contribution in [0.4, 0.5) is 0 Å². The molecule has 1 aliphatic heterocycles. The molecule has 10 nitrogen and oxygen atoms in total. The molecule has 1 aliphatic rings. The van der Waals surface area contributed by atoms with Crippen molar-refractivity contribution < 1.29 is 46.8 Å². The lowest BCUT2D eigenvalue weighted by Crippen LogP contribution is -2.37. The predicted molar refractivity (Wildman–Crippen MR) is 249 cm³/mol. The Balaban J connectivity index is 2.20. The van der Waals surface area contributed by atoms with E-state index in [1.807, 2.05) is 21.1 Å². The molecule has 4 atom stereocenters. The van der Waals surface area contributed by atoms with Crippen molar-refractivity contribution in [1.82, 2.24) is 0 Å². The van der Waals surface area contributed by atoms with Crippen LogP contribution in [0, 0.1) is 0 Å². The molecule has 358 valence electrons. The van der Waals surface area contributed by atoms with Gasteiger partial charge in [0.2, 0.25) is 0 Å². The molecule has 11 heteroatoms. The lowest BCUT2D eigenvalue weighted by atomic mass is 10.0. The van der Waals surface area contributed by atoms with Crippen molar-refractivity contribution >= 4 is 19.8 Å². The Bertz CT molecular complexity index is 1160. The fourth-order valence-electron chi connectivity index (χ4n) is 7.30. The number of hydrogen-bond acceptors (Lipinski definition) is 9. The van der Waals surface area contributed by atoms with E-state index in [4.69, 9.17) is 23.3 Å². The fraction of sp³-hybridized carbons (Fsp3) is 0.880. The molecule has 0 amide bonds. The maximum atomic E-state index is 12.7. The molecule has 0 radical (unpaired) electrons. The molecular formula is C50H94NO9P. The molecule has 0 aliphatic carbocycles. The summed E-state index contributed by atoms with van der Waals surface area (Å²) < 4.78 is 39.8. The van der Waals surface area contributed by atoms with E-state index in [0.29, 0.717) is 29.7 Å². The number of esters is 2. The van der Waals surface area contributed by atoms with Crippen LogP contribution in [0.1, 0.15) is 219 Å². The third kappa shape index (κ3) is 39.8. The van der Waals surface area contributed by atoms with Gasteiger partial charge in [-0.05, 0) is 64.2 Å². The van der Waals surface area contributed by atoms with Gasteiger partial charge in [0.15, 0.2) is 6.10 Å².